The third kappa shape index (κ3) is 5.07. The summed E-state index contributed by atoms with van der Waals surface area (Å²) in [5.41, 5.74) is 8.00. The van der Waals surface area contributed by atoms with Gasteiger partial charge in [-0.3, -0.25) is 0 Å². The van der Waals surface area contributed by atoms with Gasteiger partial charge < -0.3 is 20.1 Å². The van der Waals surface area contributed by atoms with Gasteiger partial charge in [0.1, 0.15) is 0 Å². The minimum absolute atomic E-state index is 0.180. The monoisotopic (exact) mass is 486 g/mol. The van der Waals surface area contributed by atoms with E-state index in [4.69, 9.17) is 15.5 Å². The molecule has 1 aromatic carbocycles. The molecule has 0 atom stereocenters. The Hall–Kier alpha value is -2.43. The fourth-order valence-electron chi connectivity index (χ4n) is 4.18. The van der Waals surface area contributed by atoms with E-state index in [0.29, 0.717) is 41.1 Å². The Bertz CT molecular complexity index is 1100. The third-order valence-electron chi connectivity index (χ3n) is 5.95. The zero-order valence-corrected chi connectivity index (χ0v) is 19.9. The Kier molecular flexibility index (Phi) is 6.93. The van der Waals surface area contributed by atoms with Crippen LogP contribution in [0, 0.1) is 5.82 Å². The normalized spacial score (nSPS) is 17.3. The molecule has 33 heavy (non-hydrogen) atoms. The number of nitrogens with zero attached hydrogens (tertiary/aromatic N) is 4. The average molecular weight is 487 g/mol. The summed E-state index contributed by atoms with van der Waals surface area (Å²) in [7, 11) is 0. The molecule has 7 nitrogen and oxygen atoms in total. The summed E-state index contributed by atoms with van der Waals surface area (Å²) in [5.74, 6) is -0.123. The van der Waals surface area contributed by atoms with Crippen molar-refractivity contribution in [1.29, 1.82) is 0 Å². The average Bonchev–Trinajstić information content (AvgIpc) is 3.30. The summed E-state index contributed by atoms with van der Waals surface area (Å²) < 4.78 is 24.5. The standard InChI is InChI=1S/C23H27FN6OS2/c24-19-16(7-4-8-17(19)29-33-15-5-2-1-3-6-15)20-21(18-9-10-26-22(25)27-18)32-23(28-20)30-11-13-31-14-12-30/h4,7-10,15,29H,1-3,5-6,11-14H2,(H2,25,26,27). The van der Waals surface area contributed by atoms with Crippen LogP contribution in [-0.2, 0) is 4.74 Å². The van der Waals surface area contributed by atoms with E-state index in [1.165, 1.54) is 43.4 Å². The molecular weight excluding hydrogens is 459 g/mol. The van der Waals surface area contributed by atoms with E-state index in [1.807, 2.05) is 6.07 Å². The van der Waals surface area contributed by atoms with Crippen molar-refractivity contribution >= 4 is 40.1 Å². The van der Waals surface area contributed by atoms with Crippen molar-refractivity contribution in [2.75, 3.05) is 41.7 Å². The number of morpholine rings is 1. The number of nitrogen functional groups attached to an aromatic ring is 1. The van der Waals surface area contributed by atoms with Crippen LogP contribution in [-0.4, -0.2) is 46.5 Å². The Morgan fingerprint density at radius 1 is 1.12 bits per heavy atom. The summed E-state index contributed by atoms with van der Waals surface area (Å²) in [6.07, 6.45) is 7.75. The smallest absolute Gasteiger partial charge is 0.220 e. The number of halogens is 1. The summed E-state index contributed by atoms with van der Waals surface area (Å²) in [5, 5.41) is 1.35. The molecule has 0 unspecified atom stereocenters. The van der Waals surface area contributed by atoms with Gasteiger partial charge in [-0.05, 0) is 43.0 Å². The molecule has 1 saturated heterocycles. The SMILES string of the molecule is Nc1nccc(-c2sc(N3CCOCC3)nc2-c2cccc(NSC3CCCCC3)c2F)n1. The van der Waals surface area contributed by atoms with E-state index in [9.17, 15) is 0 Å². The van der Waals surface area contributed by atoms with Crippen LogP contribution in [0.25, 0.3) is 21.8 Å². The molecule has 3 aromatic rings. The maximum atomic E-state index is 15.7. The van der Waals surface area contributed by atoms with Crippen molar-refractivity contribution in [3.05, 3.63) is 36.3 Å². The predicted octanol–water partition coefficient (Wildman–Crippen LogP) is 5.22. The first kappa shape index (κ1) is 22.4. The van der Waals surface area contributed by atoms with Crippen molar-refractivity contribution in [1.82, 2.24) is 15.0 Å². The first-order valence-corrected chi connectivity index (χ1v) is 13.0. The molecule has 0 spiro atoms. The highest BCUT2D eigenvalue weighted by molar-refractivity contribution is 8.01. The second kappa shape index (κ2) is 10.2. The lowest BCUT2D eigenvalue weighted by molar-refractivity contribution is 0.122. The molecule has 2 aliphatic rings. The molecular formula is C23H27FN6OS2. The highest BCUT2D eigenvalue weighted by atomic mass is 32.2. The number of thiazole rings is 1. The summed E-state index contributed by atoms with van der Waals surface area (Å²) in [6.45, 7) is 2.80. The molecule has 5 rings (SSSR count). The Labute approximate surface area is 201 Å². The maximum absolute atomic E-state index is 15.7. The first-order chi connectivity index (χ1) is 16.2. The summed E-state index contributed by atoms with van der Waals surface area (Å²) >= 11 is 3.13. The number of hydrogen-bond acceptors (Lipinski definition) is 9. The lowest BCUT2D eigenvalue weighted by Crippen LogP contribution is -2.36. The van der Waals surface area contributed by atoms with E-state index in [1.54, 1.807) is 36.3 Å². The molecule has 1 aliphatic carbocycles. The first-order valence-electron chi connectivity index (χ1n) is 11.3. The second-order valence-corrected chi connectivity index (χ2v) is 10.3. The minimum Gasteiger partial charge on any atom is -0.378 e. The third-order valence-corrected chi connectivity index (χ3v) is 8.23. The van der Waals surface area contributed by atoms with Crippen LogP contribution in [0.5, 0.6) is 0 Å². The number of nitrogens with one attached hydrogen (secondary N) is 1. The number of nitrogens with two attached hydrogens (primary N) is 1. The van der Waals surface area contributed by atoms with Crippen LogP contribution in [0.1, 0.15) is 32.1 Å². The van der Waals surface area contributed by atoms with Crippen LogP contribution >= 0.6 is 23.3 Å². The molecule has 1 saturated carbocycles. The summed E-state index contributed by atoms with van der Waals surface area (Å²) in [6, 6.07) is 7.22. The van der Waals surface area contributed by atoms with E-state index in [2.05, 4.69) is 19.6 Å². The molecule has 2 aromatic heterocycles. The molecule has 3 heterocycles. The summed E-state index contributed by atoms with van der Waals surface area (Å²) in [4.78, 5) is 16.2. The fourth-order valence-corrected chi connectivity index (χ4v) is 6.30. The van der Waals surface area contributed by atoms with Gasteiger partial charge in [-0.25, -0.2) is 19.3 Å². The lowest BCUT2D eigenvalue weighted by Gasteiger charge is -2.26. The predicted molar refractivity (Wildman–Crippen MR) is 134 cm³/mol. The Morgan fingerprint density at radius 3 is 2.73 bits per heavy atom. The fraction of sp³-hybridized carbons (Fsp3) is 0.435. The number of anilines is 3. The highest BCUT2D eigenvalue weighted by Crippen LogP contribution is 2.42. The van der Waals surface area contributed by atoms with E-state index in [-0.39, 0.29) is 11.8 Å². The maximum Gasteiger partial charge on any atom is 0.220 e. The molecule has 2 fully saturated rings. The van der Waals surface area contributed by atoms with Crippen molar-refractivity contribution < 1.29 is 9.13 Å². The van der Waals surface area contributed by atoms with Crippen LogP contribution in [0.15, 0.2) is 30.5 Å². The molecule has 0 amide bonds. The quantitative estimate of drug-likeness (QED) is 0.459. The molecule has 10 heteroatoms. The van der Waals surface area contributed by atoms with Gasteiger partial charge >= 0.3 is 0 Å². The van der Waals surface area contributed by atoms with Crippen molar-refractivity contribution in [2.45, 2.75) is 37.4 Å². The van der Waals surface area contributed by atoms with Gasteiger partial charge in [-0.15, -0.1) is 0 Å². The van der Waals surface area contributed by atoms with Crippen LogP contribution in [0.3, 0.4) is 0 Å². The molecule has 0 bridgehead atoms. The number of ether oxygens (including phenoxy) is 1. The van der Waals surface area contributed by atoms with Gasteiger partial charge in [0.05, 0.1) is 35.2 Å². The van der Waals surface area contributed by atoms with Crippen molar-refractivity contribution in [3.8, 4) is 21.8 Å². The zero-order chi connectivity index (χ0) is 22.6. The van der Waals surface area contributed by atoms with Crippen molar-refractivity contribution in [2.24, 2.45) is 0 Å². The van der Waals surface area contributed by atoms with E-state index in [0.717, 1.165) is 23.1 Å². The highest BCUT2D eigenvalue weighted by Gasteiger charge is 2.24. The molecule has 3 N–H and O–H groups in total. The van der Waals surface area contributed by atoms with E-state index < -0.39 is 0 Å². The van der Waals surface area contributed by atoms with Gasteiger partial charge in [-0.1, -0.05) is 36.7 Å². The second-order valence-electron chi connectivity index (χ2n) is 8.22. The minimum atomic E-state index is -0.303. The van der Waals surface area contributed by atoms with E-state index >= 15 is 4.39 Å². The molecule has 0 radical (unpaired) electrons. The van der Waals surface area contributed by atoms with Gasteiger partial charge in [0.2, 0.25) is 5.95 Å². The van der Waals surface area contributed by atoms with Gasteiger partial charge in [0.15, 0.2) is 10.9 Å². The van der Waals surface area contributed by atoms with Gasteiger partial charge in [0, 0.05) is 30.1 Å². The number of hydrogen-bond donors (Lipinski definition) is 2. The van der Waals surface area contributed by atoms with Gasteiger partial charge in [-0.2, -0.15) is 0 Å². The Balaban J connectivity index is 1.50. The number of benzene rings is 1. The molecule has 174 valence electrons. The topological polar surface area (TPSA) is 89.2 Å². The zero-order valence-electron chi connectivity index (χ0n) is 18.3. The van der Waals surface area contributed by atoms with Crippen LogP contribution < -0.4 is 15.4 Å². The number of aromatic nitrogens is 3. The van der Waals surface area contributed by atoms with Crippen LogP contribution in [0.2, 0.25) is 0 Å². The van der Waals surface area contributed by atoms with Crippen molar-refractivity contribution in [3.63, 3.8) is 0 Å². The Morgan fingerprint density at radius 2 is 1.94 bits per heavy atom. The number of rotatable bonds is 6. The van der Waals surface area contributed by atoms with Gasteiger partial charge in [0.25, 0.3) is 0 Å². The lowest BCUT2D eigenvalue weighted by atomic mass is 10.0. The van der Waals surface area contributed by atoms with Crippen LogP contribution in [0.4, 0.5) is 21.2 Å². The molecule has 1 aliphatic heterocycles. The largest absolute Gasteiger partial charge is 0.378 e.